The highest BCUT2D eigenvalue weighted by Crippen LogP contribution is 2.34. The van der Waals surface area contributed by atoms with Gasteiger partial charge in [-0.1, -0.05) is 0 Å². The Morgan fingerprint density at radius 2 is 1.90 bits per heavy atom. The molecule has 0 saturated heterocycles. The molecular formula is C22H12FN7S. The number of H-pyrrole nitrogens is 3. The van der Waals surface area contributed by atoms with Crippen molar-refractivity contribution in [2.45, 2.75) is 0 Å². The number of halogens is 1. The van der Waals surface area contributed by atoms with Gasteiger partial charge < -0.3 is 4.98 Å². The number of nitrogens with zero attached hydrogens (tertiary/aromatic N) is 4. The molecular weight excluding hydrogens is 413 g/mol. The van der Waals surface area contributed by atoms with E-state index in [9.17, 15) is 0 Å². The first kappa shape index (κ1) is 16.7. The monoisotopic (exact) mass is 425 g/mol. The Bertz CT molecular complexity index is 1820. The topological polar surface area (TPSA) is 98.9 Å². The molecule has 8 bridgehead atoms. The molecule has 0 radical (unpaired) electrons. The van der Waals surface area contributed by atoms with Gasteiger partial charge >= 0.3 is 0 Å². The highest BCUT2D eigenvalue weighted by molar-refractivity contribution is 7.23. The van der Waals surface area contributed by atoms with E-state index in [-0.39, 0.29) is 5.82 Å². The van der Waals surface area contributed by atoms with Gasteiger partial charge in [0, 0.05) is 23.2 Å². The average molecular weight is 425 g/mol. The first-order chi connectivity index (χ1) is 15.2. The molecule has 0 saturated carbocycles. The van der Waals surface area contributed by atoms with Gasteiger partial charge in [0.25, 0.3) is 0 Å². The van der Waals surface area contributed by atoms with Gasteiger partial charge in [0.1, 0.15) is 22.5 Å². The fraction of sp³-hybridized carbons (Fsp3) is 0. The van der Waals surface area contributed by atoms with Crippen LogP contribution < -0.4 is 0 Å². The lowest BCUT2D eigenvalue weighted by Gasteiger charge is -2.02. The zero-order valence-electron chi connectivity index (χ0n) is 15.8. The summed E-state index contributed by atoms with van der Waals surface area (Å²) in [5.41, 5.74) is 4.89. The van der Waals surface area contributed by atoms with E-state index in [0.29, 0.717) is 44.2 Å². The van der Waals surface area contributed by atoms with Gasteiger partial charge in [-0.25, -0.2) is 14.4 Å². The second-order valence-electron chi connectivity index (χ2n) is 7.30. The van der Waals surface area contributed by atoms with Gasteiger partial charge in [-0.3, -0.25) is 20.2 Å². The summed E-state index contributed by atoms with van der Waals surface area (Å²) >= 11 is 1.56. The van der Waals surface area contributed by atoms with Crippen molar-refractivity contribution in [3.63, 3.8) is 0 Å². The van der Waals surface area contributed by atoms with E-state index in [1.165, 1.54) is 0 Å². The normalized spacial score (nSPS) is 12.0. The van der Waals surface area contributed by atoms with Crippen molar-refractivity contribution in [3.05, 3.63) is 60.8 Å². The van der Waals surface area contributed by atoms with Crippen molar-refractivity contribution >= 4 is 64.9 Å². The smallest absolute Gasteiger partial charge is 0.179 e. The second-order valence-corrected chi connectivity index (χ2v) is 8.38. The highest BCUT2D eigenvalue weighted by Gasteiger charge is 2.19. The number of hydrogen-bond acceptors (Lipinski definition) is 5. The van der Waals surface area contributed by atoms with Crippen molar-refractivity contribution in [1.29, 1.82) is 0 Å². The van der Waals surface area contributed by atoms with Gasteiger partial charge in [-0.15, -0.1) is 11.3 Å². The summed E-state index contributed by atoms with van der Waals surface area (Å²) < 4.78 is 16.7. The number of benzene rings is 1. The number of aromatic nitrogens is 7. The van der Waals surface area contributed by atoms with Crippen LogP contribution in [0.1, 0.15) is 0 Å². The molecule has 4 aromatic heterocycles. The lowest BCUT2D eigenvalue weighted by Crippen LogP contribution is -1.87. The molecule has 31 heavy (non-hydrogen) atoms. The van der Waals surface area contributed by atoms with Crippen LogP contribution in [0.5, 0.6) is 0 Å². The van der Waals surface area contributed by atoms with E-state index < -0.39 is 0 Å². The summed E-state index contributed by atoms with van der Waals surface area (Å²) in [6.45, 7) is 0. The van der Waals surface area contributed by atoms with Gasteiger partial charge in [-0.05, 0) is 36.4 Å². The number of hydrogen-bond donors (Lipinski definition) is 3. The largest absolute Gasteiger partial charge is 0.346 e. The van der Waals surface area contributed by atoms with Gasteiger partial charge in [0.05, 0.1) is 37.8 Å². The lowest BCUT2D eigenvalue weighted by atomic mass is 10.1. The molecule has 148 valence electrons. The van der Waals surface area contributed by atoms with E-state index >= 15 is 4.39 Å². The van der Waals surface area contributed by atoms with Crippen molar-refractivity contribution in [2.75, 3.05) is 0 Å². The van der Waals surface area contributed by atoms with E-state index in [0.717, 1.165) is 20.6 Å². The second kappa shape index (κ2) is 5.96. The Balaban J connectivity index is 1.77. The number of nitrogens with one attached hydrogen (secondary N) is 3. The van der Waals surface area contributed by atoms with Crippen molar-refractivity contribution in [1.82, 2.24) is 35.1 Å². The third-order valence-electron chi connectivity index (χ3n) is 5.44. The van der Waals surface area contributed by atoms with Crippen molar-refractivity contribution < 1.29 is 4.39 Å². The number of fused-ring (bicyclic) bond motifs is 9. The van der Waals surface area contributed by atoms with Crippen LogP contribution in [0.2, 0.25) is 0 Å². The SMILES string of the molecule is Fc1c2c3ccc1c1cncc(c1)[nH]c1ccc(s1)c1nccc4nc(nc41)c-2[nH][nH]3. The first-order valence-electron chi connectivity index (χ1n) is 9.59. The maximum atomic E-state index is 15.8. The van der Waals surface area contributed by atoms with E-state index in [2.05, 4.69) is 30.1 Å². The highest BCUT2D eigenvalue weighted by atomic mass is 32.1. The molecule has 7 rings (SSSR count). The summed E-state index contributed by atoms with van der Waals surface area (Å²) in [6, 6.07) is 11.3. The minimum atomic E-state index is -0.358. The predicted molar refractivity (Wildman–Crippen MR) is 120 cm³/mol. The number of imidazole rings is 1. The van der Waals surface area contributed by atoms with E-state index in [4.69, 9.17) is 4.98 Å². The molecule has 2 aliphatic rings. The number of pyridine rings is 2. The van der Waals surface area contributed by atoms with Crippen LogP contribution in [0.4, 0.5) is 4.39 Å². The summed E-state index contributed by atoms with van der Waals surface area (Å²) in [5, 5.41) is 7.21. The van der Waals surface area contributed by atoms with Crippen LogP contribution in [-0.2, 0) is 0 Å². The predicted octanol–water partition coefficient (Wildman–Crippen LogP) is 5.45. The van der Waals surface area contributed by atoms with E-state index in [1.807, 2.05) is 30.3 Å². The summed E-state index contributed by atoms with van der Waals surface area (Å²) in [4.78, 5) is 22.6. The van der Waals surface area contributed by atoms with Gasteiger partial charge in [0.15, 0.2) is 5.65 Å². The molecule has 0 amide bonds. The molecule has 0 aliphatic carbocycles. The minimum absolute atomic E-state index is 0.358. The number of thiophene rings is 1. The number of rotatable bonds is 0. The summed E-state index contributed by atoms with van der Waals surface area (Å²) in [5.74, 6) is -0.358. The molecule has 0 atom stereocenters. The number of aromatic amines is 3. The molecule has 0 unspecified atom stereocenters. The average Bonchev–Trinajstić information content (AvgIpc) is 3.51. The quantitative estimate of drug-likeness (QED) is 0.301. The Kier molecular flexibility index (Phi) is 3.20. The first-order valence-corrected chi connectivity index (χ1v) is 10.4. The zero-order chi connectivity index (χ0) is 20.5. The Morgan fingerprint density at radius 1 is 0.935 bits per heavy atom. The lowest BCUT2D eigenvalue weighted by molar-refractivity contribution is 0.644. The minimum Gasteiger partial charge on any atom is -0.346 e. The standard InChI is InChI=1S/C22H12FN7S/c23-18-12-1-2-13-17(18)21(30-29-13)22-27-14-5-6-25-20(19(14)28-22)15-3-4-16(31-15)26-11-7-10(12)8-24-9-11/h1-9,26,29-30H. The van der Waals surface area contributed by atoms with Crippen LogP contribution in [0.15, 0.2) is 55.0 Å². The molecule has 1 aromatic carbocycles. The maximum absolute atomic E-state index is 15.8. The van der Waals surface area contributed by atoms with Crippen LogP contribution in [0.3, 0.4) is 0 Å². The molecule has 2 aliphatic heterocycles. The Morgan fingerprint density at radius 3 is 2.87 bits per heavy atom. The molecule has 0 fully saturated rings. The maximum Gasteiger partial charge on any atom is 0.179 e. The summed E-state index contributed by atoms with van der Waals surface area (Å²) in [6.07, 6.45) is 5.10. The fourth-order valence-electron chi connectivity index (χ4n) is 4.02. The van der Waals surface area contributed by atoms with Crippen LogP contribution in [0, 0.1) is 5.82 Å². The third-order valence-corrected chi connectivity index (χ3v) is 6.45. The fourth-order valence-corrected chi connectivity index (χ4v) is 4.94. The van der Waals surface area contributed by atoms with Crippen LogP contribution in [-0.4, -0.2) is 35.1 Å². The van der Waals surface area contributed by atoms with Crippen molar-refractivity contribution in [2.24, 2.45) is 0 Å². The van der Waals surface area contributed by atoms with Crippen LogP contribution >= 0.6 is 11.3 Å². The van der Waals surface area contributed by atoms with Gasteiger partial charge in [-0.2, -0.15) is 0 Å². The molecule has 3 N–H and O–H groups in total. The van der Waals surface area contributed by atoms with Gasteiger partial charge in [0.2, 0.25) is 0 Å². The zero-order valence-corrected chi connectivity index (χ0v) is 16.6. The van der Waals surface area contributed by atoms with Crippen molar-refractivity contribution in [3.8, 4) is 11.3 Å². The molecule has 0 spiro atoms. The van der Waals surface area contributed by atoms with E-state index in [1.54, 1.807) is 36.0 Å². The molecule has 5 aromatic rings. The molecule has 6 heterocycles. The summed E-state index contributed by atoms with van der Waals surface area (Å²) in [7, 11) is 0. The third kappa shape index (κ3) is 2.37. The molecule has 9 heteroatoms. The Hall–Kier alpha value is -4.11. The van der Waals surface area contributed by atoms with Crippen LogP contribution in [0.25, 0.3) is 64.8 Å². The Labute approximate surface area is 176 Å². The molecule has 7 nitrogen and oxygen atoms in total.